The molecule has 0 spiro atoms. The fourth-order valence-corrected chi connectivity index (χ4v) is 2.86. The van der Waals surface area contributed by atoms with Crippen LogP contribution in [-0.4, -0.2) is 0 Å². The molecule has 22 heavy (non-hydrogen) atoms. The topological polar surface area (TPSA) is 23.8 Å². The first-order valence-electron chi connectivity index (χ1n) is 6.84. The Bertz CT molecular complexity index is 900. The summed E-state index contributed by atoms with van der Waals surface area (Å²) < 4.78 is 0. The van der Waals surface area contributed by atoms with E-state index in [1.165, 1.54) is 0 Å². The number of benzene rings is 2. The predicted octanol–water partition coefficient (Wildman–Crippen LogP) is 5.17. The molecule has 0 fully saturated rings. The number of terminal acetylenes is 1. The number of hydrogen-bond donors (Lipinski definition) is 0. The summed E-state index contributed by atoms with van der Waals surface area (Å²) >= 11 is 6.09. The highest BCUT2D eigenvalue weighted by Gasteiger charge is 2.22. The third-order valence-electron chi connectivity index (χ3n) is 3.82. The van der Waals surface area contributed by atoms with Crippen LogP contribution in [0.4, 0.5) is 0 Å². The summed E-state index contributed by atoms with van der Waals surface area (Å²) in [4.78, 5) is 0. The van der Waals surface area contributed by atoms with Crippen LogP contribution in [0.15, 0.2) is 48.0 Å². The van der Waals surface area contributed by atoms with Crippen LogP contribution >= 0.6 is 11.6 Å². The number of allylic oxidation sites excluding steroid dienone is 3. The van der Waals surface area contributed by atoms with Crippen LogP contribution in [-0.2, 0) is 0 Å². The Morgan fingerprint density at radius 2 is 1.82 bits per heavy atom. The monoisotopic (exact) mass is 301 g/mol. The maximum atomic E-state index is 8.87. The van der Waals surface area contributed by atoms with Gasteiger partial charge in [0.05, 0.1) is 11.6 Å². The minimum Gasteiger partial charge on any atom is -0.192 e. The normalized spacial score (nSPS) is 14.6. The molecular formula is C20H12ClN. The van der Waals surface area contributed by atoms with Gasteiger partial charge in [-0.05, 0) is 65.1 Å². The molecule has 0 amide bonds. The van der Waals surface area contributed by atoms with Crippen molar-refractivity contribution >= 4 is 28.8 Å². The molecule has 2 aromatic rings. The molecule has 1 aliphatic carbocycles. The Hall–Kier alpha value is -2.74. The van der Waals surface area contributed by atoms with Gasteiger partial charge in [-0.15, -0.1) is 6.42 Å². The van der Waals surface area contributed by atoms with Gasteiger partial charge in [-0.1, -0.05) is 35.7 Å². The lowest BCUT2D eigenvalue weighted by Gasteiger charge is -2.04. The standard InChI is InChI=1S/C20H12ClN/c1-3-17-13(2)19(18-9-8-16(21)11-20(17)18)10-14-4-6-15(12-22)7-5-14/h1,4-11H,2H3. The van der Waals surface area contributed by atoms with Gasteiger partial charge in [0.1, 0.15) is 0 Å². The first-order valence-corrected chi connectivity index (χ1v) is 7.22. The number of nitriles is 1. The van der Waals surface area contributed by atoms with E-state index in [2.05, 4.69) is 18.1 Å². The van der Waals surface area contributed by atoms with Crippen LogP contribution < -0.4 is 0 Å². The fourth-order valence-electron chi connectivity index (χ4n) is 2.69. The molecule has 0 aromatic heterocycles. The molecule has 0 unspecified atom stereocenters. The molecule has 0 bridgehead atoms. The van der Waals surface area contributed by atoms with Crippen molar-refractivity contribution in [2.75, 3.05) is 0 Å². The smallest absolute Gasteiger partial charge is 0.0991 e. The summed E-state index contributed by atoms with van der Waals surface area (Å²) in [7, 11) is 0. The number of nitrogens with zero attached hydrogens (tertiary/aromatic N) is 1. The third kappa shape index (κ3) is 2.33. The Labute approximate surface area is 135 Å². The summed E-state index contributed by atoms with van der Waals surface area (Å²) in [5.41, 5.74) is 6.85. The predicted molar refractivity (Wildman–Crippen MR) is 91.9 cm³/mol. The molecule has 104 valence electrons. The van der Waals surface area contributed by atoms with E-state index >= 15 is 0 Å². The van der Waals surface area contributed by atoms with Gasteiger partial charge in [-0.25, -0.2) is 0 Å². The fraction of sp³-hybridized carbons (Fsp3) is 0.0500. The van der Waals surface area contributed by atoms with E-state index in [0.717, 1.165) is 33.4 Å². The number of rotatable bonds is 1. The quantitative estimate of drug-likeness (QED) is 0.666. The lowest BCUT2D eigenvalue weighted by Crippen LogP contribution is -1.84. The zero-order chi connectivity index (χ0) is 15.7. The summed E-state index contributed by atoms with van der Waals surface area (Å²) in [5, 5.41) is 9.55. The Morgan fingerprint density at radius 1 is 1.09 bits per heavy atom. The van der Waals surface area contributed by atoms with E-state index in [0.29, 0.717) is 10.6 Å². The highest BCUT2D eigenvalue weighted by atomic mass is 35.5. The maximum Gasteiger partial charge on any atom is 0.0991 e. The van der Waals surface area contributed by atoms with E-state index in [1.54, 1.807) is 0 Å². The van der Waals surface area contributed by atoms with Crippen molar-refractivity contribution in [1.29, 1.82) is 5.26 Å². The average molecular weight is 302 g/mol. The molecule has 0 saturated carbocycles. The molecule has 0 aliphatic heterocycles. The molecular weight excluding hydrogens is 290 g/mol. The highest BCUT2D eigenvalue weighted by molar-refractivity contribution is 6.31. The summed E-state index contributed by atoms with van der Waals surface area (Å²) in [6.45, 7) is 2.03. The van der Waals surface area contributed by atoms with Crippen molar-refractivity contribution in [1.82, 2.24) is 0 Å². The van der Waals surface area contributed by atoms with Crippen LogP contribution in [0.2, 0.25) is 5.02 Å². The van der Waals surface area contributed by atoms with Crippen LogP contribution in [0, 0.1) is 23.7 Å². The van der Waals surface area contributed by atoms with E-state index in [4.69, 9.17) is 23.3 Å². The van der Waals surface area contributed by atoms with Crippen LogP contribution in [0.5, 0.6) is 0 Å². The van der Waals surface area contributed by atoms with Crippen molar-refractivity contribution in [2.45, 2.75) is 6.92 Å². The second-order valence-electron chi connectivity index (χ2n) is 5.13. The lowest BCUT2D eigenvalue weighted by atomic mass is 10.0. The summed E-state index contributed by atoms with van der Waals surface area (Å²) in [6, 6.07) is 15.4. The van der Waals surface area contributed by atoms with Gasteiger partial charge in [0.15, 0.2) is 0 Å². The zero-order valence-electron chi connectivity index (χ0n) is 12.0. The maximum absolute atomic E-state index is 8.87. The second kappa shape index (κ2) is 5.57. The average Bonchev–Trinajstić information content (AvgIpc) is 2.79. The van der Waals surface area contributed by atoms with Gasteiger partial charge in [0.25, 0.3) is 0 Å². The van der Waals surface area contributed by atoms with Crippen molar-refractivity contribution in [3.63, 3.8) is 0 Å². The molecule has 1 nitrogen and oxygen atoms in total. The molecule has 0 N–H and O–H groups in total. The number of halogens is 1. The Morgan fingerprint density at radius 3 is 2.45 bits per heavy atom. The molecule has 2 heteroatoms. The summed E-state index contributed by atoms with van der Waals surface area (Å²) in [5.74, 6) is 2.77. The third-order valence-corrected chi connectivity index (χ3v) is 4.05. The molecule has 0 radical (unpaired) electrons. The van der Waals surface area contributed by atoms with Crippen molar-refractivity contribution < 1.29 is 0 Å². The van der Waals surface area contributed by atoms with E-state index in [1.807, 2.05) is 49.4 Å². The zero-order valence-corrected chi connectivity index (χ0v) is 12.8. The van der Waals surface area contributed by atoms with Crippen molar-refractivity contribution in [3.05, 3.63) is 75.3 Å². The van der Waals surface area contributed by atoms with Gasteiger partial charge in [-0.2, -0.15) is 5.26 Å². The van der Waals surface area contributed by atoms with Crippen LogP contribution in [0.3, 0.4) is 0 Å². The molecule has 0 heterocycles. The SMILES string of the molecule is C#CC1=C(C)C(=Cc2ccc(C#N)cc2)c2ccc(Cl)cc21. The number of fused-ring (bicyclic) bond motifs is 1. The largest absolute Gasteiger partial charge is 0.192 e. The van der Waals surface area contributed by atoms with E-state index < -0.39 is 0 Å². The van der Waals surface area contributed by atoms with E-state index in [9.17, 15) is 0 Å². The van der Waals surface area contributed by atoms with Crippen LogP contribution in [0.25, 0.3) is 17.2 Å². The highest BCUT2D eigenvalue weighted by Crippen LogP contribution is 2.42. The Kier molecular flexibility index (Phi) is 3.60. The molecule has 0 atom stereocenters. The lowest BCUT2D eigenvalue weighted by molar-refractivity contribution is 1.48. The molecule has 3 rings (SSSR count). The van der Waals surface area contributed by atoms with Gasteiger partial charge in [-0.3, -0.25) is 0 Å². The van der Waals surface area contributed by atoms with Gasteiger partial charge in [0.2, 0.25) is 0 Å². The first-order chi connectivity index (χ1) is 10.6. The minimum atomic E-state index is 0.650. The van der Waals surface area contributed by atoms with Gasteiger partial charge in [0, 0.05) is 10.6 Å². The first kappa shape index (κ1) is 14.2. The molecule has 1 aliphatic rings. The summed E-state index contributed by atoms with van der Waals surface area (Å²) in [6.07, 6.45) is 7.76. The minimum absolute atomic E-state index is 0.650. The van der Waals surface area contributed by atoms with Crippen molar-refractivity contribution in [2.24, 2.45) is 0 Å². The van der Waals surface area contributed by atoms with Gasteiger partial charge < -0.3 is 0 Å². The Balaban J connectivity index is 2.15. The number of hydrogen-bond acceptors (Lipinski definition) is 1. The molecule has 2 aromatic carbocycles. The van der Waals surface area contributed by atoms with Gasteiger partial charge >= 0.3 is 0 Å². The van der Waals surface area contributed by atoms with E-state index in [-0.39, 0.29) is 0 Å². The van der Waals surface area contributed by atoms with Crippen molar-refractivity contribution in [3.8, 4) is 18.4 Å². The second-order valence-corrected chi connectivity index (χ2v) is 5.56. The van der Waals surface area contributed by atoms with Crippen LogP contribution in [0.1, 0.15) is 29.2 Å². The molecule has 0 saturated heterocycles.